The largest absolute Gasteiger partial charge is 0.437 e. The van der Waals surface area contributed by atoms with E-state index in [1.807, 2.05) is 6.92 Å². The molecule has 0 aliphatic heterocycles. The number of hydrogen-bond donors (Lipinski definition) is 0. The SMILES string of the molecule is Cc1ccc(-c2nc(C(F)(F)F)c(N=[N+]=[N-])o2)cc1. The maximum atomic E-state index is 12.7. The van der Waals surface area contributed by atoms with E-state index in [0.29, 0.717) is 5.56 Å². The Morgan fingerprint density at radius 2 is 1.89 bits per heavy atom. The summed E-state index contributed by atoms with van der Waals surface area (Å²) >= 11 is 0. The van der Waals surface area contributed by atoms with Crippen molar-refractivity contribution in [2.45, 2.75) is 13.1 Å². The number of aromatic nitrogens is 1. The Hall–Kier alpha value is -2.47. The smallest absolute Gasteiger partial charge is 0.434 e. The van der Waals surface area contributed by atoms with Crippen molar-refractivity contribution >= 4 is 5.88 Å². The highest BCUT2D eigenvalue weighted by Gasteiger charge is 2.38. The average molecular weight is 268 g/mol. The van der Waals surface area contributed by atoms with E-state index in [1.54, 1.807) is 24.3 Å². The van der Waals surface area contributed by atoms with E-state index >= 15 is 0 Å². The first-order chi connectivity index (χ1) is 8.91. The summed E-state index contributed by atoms with van der Waals surface area (Å²) in [5.41, 5.74) is 8.21. The molecule has 0 atom stereocenters. The molecule has 0 fully saturated rings. The Kier molecular flexibility index (Phi) is 3.18. The molecular weight excluding hydrogens is 261 g/mol. The molecule has 0 radical (unpaired) electrons. The average Bonchev–Trinajstić information content (AvgIpc) is 2.74. The summed E-state index contributed by atoms with van der Waals surface area (Å²) in [5.74, 6) is -1.12. The number of oxazole rings is 1. The molecule has 0 saturated heterocycles. The monoisotopic (exact) mass is 268 g/mol. The van der Waals surface area contributed by atoms with E-state index in [1.165, 1.54) is 0 Å². The minimum absolute atomic E-state index is 0.241. The molecule has 0 saturated carbocycles. The van der Waals surface area contributed by atoms with Gasteiger partial charge in [-0.25, -0.2) is 4.98 Å². The van der Waals surface area contributed by atoms with E-state index in [4.69, 9.17) is 9.95 Å². The minimum atomic E-state index is -4.74. The first-order valence-electron chi connectivity index (χ1n) is 5.12. The van der Waals surface area contributed by atoms with Gasteiger partial charge in [-0.15, -0.1) is 0 Å². The molecule has 2 aromatic rings. The summed E-state index contributed by atoms with van der Waals surface area (Å²) in [5, 5.41) is 2.87. The molecule has 1 aromatic heterocycles. The van der Waals surface area contributed by atoms with Crippen molar-refractivity contribution in [3.63, 3.8) is 0 Å². The van der Waals surface area contributed by atoms with Crippen LogP contribution in [-0.2, 0) is 6.18 Å². The second kappa shape index (κ2) is 4.66. The third-order valence-corrected chi connectivity index (χ3v) is 2.31. The number of azide groups is 1. The summed E-state index contributed by atoms with van der Waals surface area (Å²) in [7, 11) is 0. The molecule has 8 heteroatoms. The molecule has 0 aliphatic rings. The number of nitrogens with zero attached hydrogens (tertiary/aromatic N) is 4. The molecule has 0 N–H and O–H groups in total. The summed E-state index contributed by atoms with van der Waals surface area (Å²) in [4.78, 5) is 5.64. The van der Waals surface area contributed by atoms with Crippen LogP contribution in [0.3, 0.4) is 0 Å². The van der Waals surface area contributed by atoms with Crippen molar-refractivity contribution in [2.24, 2.45) is 5.11 Å². The Balaban J connectivity index is 2.54. The van der Waals surface area contributed by atoms with Crippen LogP contribution in [0.15, 0.2) is 33.8 Å². The molecule has 5 nitrogen and oxygen atoms in total. The highest BCUT2D eigenvalue weighted by molar-refractivity contribution is 5.56. The van der Waals surface area contributed by atoms with Gasteiger partial charge in [-0.3, -0.25) is 0 Å². The zero-order chi connectivity index (χ0) is 14.0. The van der Waals surface area contributed by atoms with Crippen LogP contribution >= 0.6 is 0 Å². The van der Waals surface area contributed by atoms with Gasteiger partial charge in [0, 0.05) is 10.5 Å². The van der Waals surface area contributed by atoms with Gasteiger partial charge in [0.15, 0.2) is 5.69 Å². The third-order valence-electron chi connectivity index (χ3n) is 2.31. The predicted molar refractivity (Wildman–Crippen MR) is 60.5 cm³/mol. The molecule has 0 bridgehead atoms. The zero-order valence-corrected chi connectivity index (χ0v) is 9.64. The second-order valence-electron chi connectivity index (χ2n) is 3.73. The normalized spacial score (nSPS) is 11.2. The lowest BCUT2D eigenvalue weighted by Crippen LogP contribution is -2.05. The molecule has 1 aromatic carbocycles. The Morgan fingerprint density at radius 1 is 1.26 bits per heavy atom. The number of hydrogen-bond acceptors (Lipinski definition) is 3. The van der Waals surface area contributed by atoms with Gasteiger partial charge < -0.3 is 4.42 Å². The summed E-state index contributed by atoms with van der Waals surface area (Å²) in [6.07, 6.45) is -4.74. The van der Waals surface area contributed by atoms with Crippen molar-refractivity contribution < 1.29 is 17.6 Å². The molecule has 19 heavy (non-hydrogen) atoms. The van der Waals surface area contributed by atoms with Gasteiger partial charge >= 0.3 is 6.18 Å². The summed E-state index contributed by atoms with van der Waals surface area (Å²) in [6, 6.07) is 6.56. The highest BCUT2D eigenvalue weighted by Crippen LogP contribution is 2.38. The second-order valence-corrected chi connectivity index (χ2v) is 3.73. The minimum Gasteiger partial charge on any atom is -0.434 e. The van der Waals surface area contributed by atoms with Gasteiger partial charge in [0.05, 0.1) is 0 Å². The van der Waals surface area contributed by atoms with Crippen molar-refractivity contribution in [2.75, 3.05) is 0 Å². The van der Waals surface area contributed by atoms with E-state index in [-0.39, 0.29) is 5.89 Å². The summed E-state index contributed by atoms with van der Waals surface area (Å²) in [6.45, 7) is 1.84. The topological polar surface area (TPSA) is 74.8 Å². The Labute approximate surface area is 105 Å². The van der Waals surface area contributed by atoms with Crippen LogP contribution in [0, 0.1) is 6.92 Å². The molecule has 2 rings (SSSR count). The number of rotatable bonds is 2. The standard InChI is InChI=1S/C11H7F3N4O/c1-6-2-4-7(5-3-6)9-16-8(11(12,13)14)10(19-9)17-18-15/h2-5H,1H3. The maximum absolute atomic E-state index is 12.7. The Bertz CT molecular complexity index is 639. The van der Waals surface area contributed by atoms with Gasteiger partial charge in [0.2, 0.25) is 11.8 Å². The van der Waals surface area contributed by atoms with Crippen molar-refractivity contribution in [1.82, 2.24) is 4.98 Å². The van der Waals surface area contributed by atoms with Crippen molar-refractivity contribution in [3.8, 4) is 11.5 Å². The first-order valence-corrected chi connectivity index (χ1v) is 5.12. The molecule has 0 amide bonds. The fourth-order valence-corrected chi connectivity index (χ4v) is 1.42. The number of alkyl halides is 3. The number of aryl methyl sites for hydroxylation is 1. The molecule has 0 spiro atoms. The molecular formula is C11H7F3N4O. The van der Waals surface area contributed by atoms with E-state index in [2.05, 4.69) is 15.0 Å². The quantitative estimate of drug-likeness (QED) is 0.453. The maximum Gasteiger partial charge on any atom is 0.437 e. The Morgan fingerprint density at radius 3 is 2.42 bits per heavy atom. The van der Waals surface area contributed by atoms with Gasteiger partial charge in [0.25, 0.3) is 0 Å². The lowest BCUT2D eigenvalue weighted by molar-refractivity contribution is -0.140. The van der Waals surface area contributed by atoms with Crippen LogP contribution in [0.1, 0.15) is 11.3 Å². The number of halogens is 3. The van der Waals surface area contributed by atoms with E-state index in [9.17, 15) is 13.2 Å². The van der Waals surface area contributed by atoms with Crippen LogP contribution in [0.4, 0.5) is 19.1 Å². The van der Waals surface area contributed by atoms with Gasteiger partial charge in [-0.1, -0.05) is 17.7 Å². The first kappa shape index (κ1) is 13.0. The van der Waals surface area contributed by atoms with Crippen LogP contribution in [-0.4, -0.2) is 4.98 Å². The van der Waals surface area contributed by atoms with Gasteiger partial charge in [-0.05, 0) is 29.7 Å². The third kappa shape index (κ3) is 2.69. The van der Waals surface area contributed by atoms with Crippen LogP contribution in [0.2, 0.25) is 0 Å². The van der Waals surface area contributed by atoms with Crippen LogP contribution < -0.4 is 0 Å². The van der Waals surface area contributed by atoms with Gasteiger partial charge in [-0.2, -0.15) is 13.2 Å². The summed E-state index contributed by atoms with van der Waals surface area (Å²) < 4.78 is 42.8. The fraction of sp³-hybridized carbons (Fsp3) is 0.182. The van der Waals surface area contributed by atoms with E-state index < -0.39 is 17.8 Å². The van der Waals surface area contributed by atoms with E-state index in [0.717, 1.165) is 5.56 Å². The highest BCUT2D eigenvalue weighted by atomic mass is 19.4. The van der Waals surface area contributed by atoms with Crippen molar-refractivity contribution in [1.29, 1.82) is 0 Å². The molecule has 0 unspecified atom stereocenters. The molecule has 0 aliphatic carbocycles. The lowest BCUT2D eigenvalue weighted by Gasteiger charge is -2.00. The number of benzene rings is 1. The molecule has 98 valence electrons. The predicted octanol–water partition coefficient (Wildman–Crippen LogP) is 4.61. The lowest BCUT2D eigenvalue weighted by atomic mass is 10.1. The zero-order valence-electron chi connectivity index (χ0n) is 9.64. The fourth-order valence-electron chi connectivity index (χ4n) is 1.42. The van der Waals surface area contributed by atoms with Crippen molar-refractivity contribution in [3.05, 3.63) is 46.0 Å². The van der Waals surface area contributed by atoms with Crippen LogP contribution in [0.5, 0.6) is 0 Å². The van der Waals surface area contributed by atoms with Crippen LogP contribution in [0.25, 0.3) is 21.9 Å². The molecule has 1 heterocycles. The van der Waals surface area contributed by atoms with Gasteiger partial charge in [0.1, 0.15) is 0 Å².